The number of benzene rings is 2. The molecule has 1 N–H and O–H groups in total. The van der Waals surface area contributed by atoms with E-state index in [-0.39, 0.29) is 31.0 Å². The van der Waals surface area contributed by atoms with Crippen molar-refractivity contribution in [1.82, 2.24) is 10.2 Å². The first-order valence-corrected chi connectivity index (χ1v) is 10.8. The van der Waals surface area contributed by atoms with Gasteiger partial charge in [-0.1, -0.05) is 55.8 Å². The molecule has 0 aromatic heterocycles. The van der Waals surface area contributed by atoms with Crippen molar-refractivity contribution in [2.24, 2.45) is 0 Å². The van der Waals surface area contributed by atoms with Crippen molar-refractivity contribution in [2.75, 3.05) is 6.61 Å². The van der Waals surface area contributed by atoms with Gasteiger partial charge in [-0.3, -0.25) is 9.59 Å². The number of ether oxygens (including phenoxy) is 1. The van der Waals surface area contributed by atoms with Crippen LogP contribution < -0.4 is 10.1 Å². The molecule has 5 nitrogen and oxygen atoms in total. The molecule has 0 unspecified atom stereocenters. The van der Waals surface area contributed by atoms with E-state index in [9.17, 15) is 9.59 Å². The van der Waals surface area contributed by atoms with Crippen LogP contribution in [0.1, 0.15) is 44.7 Å². The summed E-state index contributed by atoms with van der Waals surface area (Å²) in [5.41, 5.74) is 1.84. The van der Waals surface area contributed by atoms with Crippen molar-refractivity contribution in [1.29, 1.82) is 0 Å². The average Bonchev–Trinajstić information content (AvgIpc) is 2.73. The fourth-order valence-corrected chi connectivity index (χ4v) is 3.30. The van der Waals surface area contributed by atoms with Gasteiger partial charge in [0.2, 0.25) is 5.91 Å². The highest BCUT2D eigenvalue weighted by Crippen LogP contribution is 2.20. The third-order valence-corrected chi connectivity index (χ3v) is 5.41. The monoisotopic (exact) mass is 430 g/mol. The summed E-state index contributed by atoms with van der Waals surface area (Å²) in [6.45, 7) is 7.91. The van der Waals surface area contributed by atoms with Gasteiger partial charge in [-0.2, -0.15) is 0 Å². The number of aryl methyl sites for hydroxylation is 1. The molecule has 0 saturated heterocycles. The summed E-state index contributed by atoms with van der Waals surface area (Å²) in [5.74, 6) is 0.198. The van der Waals surface area contributed by atoms with Crippen LogP contribution in [0.5, 0.6) is 5.75 Å². The first-order chi connectivity index (χ1) is 14.3. The van der Waals surface area contributed by atoms with Gasteiger partial charge >= 0.3 is 0 Å². The predicted molar refractivity (Wildman–Crippen MR) is 121 cm³/mol. The van der Waals surface area contributed by atoms with E-state index >= 15 is 0 Å². The van der Waals surface area contributed by atoms with Crippen LogP contribution in [0.25, 0.3) is 0 Å². The molecule has 2 amide bonds. The minimum atomic E-state index is -0.608. The Bertz CT molecular complexity index is 856. The predicted octanol–water partition coefficient (Wildman–Crippen LogP) is 4.75. The summed E-state index contributed by atoms with van der Waals surface area (Å²) in [6.07, 6.45) is 1.31. The van der Waals surface area contributed by atoms with Crippen LogP contribution in [0.3, 0.4) is 0 Å². The van der Waals surface area contributed by atoms with Gasteiger partial charge in [0.25, 0.3) is 5.91 Å². The number of rotatable bonds is 10. The van der Waals surface area contributed by atoms with Crippen LogP contribution in [-0.4, -0.2) is 35.4 Å². The van der Waals surface area contributed by atoms with E-state index in [0.717, 1.165) is 17.5 Å². The number of halogens is 1. The third-order valence-electron chi connectivity index (χ3n) is 5.04. The molecule has 0 spiro atoms. The fourth-order valence-electron chi connectivity index (χ4n) is 3.10. The average molecular weight is 431 g/mol. The van der Waals surface area contributed by atoms with Crippen LogP contribution in [-0.2, 0) is 16.1 Å². The van der Waals surface area contributed by atoms with Crippen LogP contribution >= 0.6 is 11.6 Å². The number of nitrogens with zero attached hydrogens (tertiary/aromatic N) is 1. The van der Waals surface area contributed by atoms with Crippen molar-refractivity contribution in [2.45, 2.75) is 59.2 Å². The molecule has 0 heterocycles. The summed E-state index contributed by atoms with van der Waals surface area (Å²) >= 11 is 6.33. The lowest BCUT2D eigenvalue weighted by Crippen LogP contribution is -2.51. The fraction of sp³-hybridized carbons (Fsp3) is 0.417. The molecule has 0 bridgehead atoms. The molecule has 6 heteroatoms. The van der Waals surface area contributed by atoms with Crippen LogP contribution in [0.15, 0.2) is 48.5 Å². The molecule has 0 aliphatic rings. The molecule has 0 fully saturated rings. The third kappa shape index (κ3) is 6.77. The van der Waals surface area contributed by atoms with Crippen LogP contribution in [0.2, 0.25) is 5.02 Å². The lowest BCUT2D eigenvalue weighted by atomic mass is 10.1. The largest absolute Gasteiger partial charge is 0.484 e. The van der Waals surface area contributed by atoms with Crippen molar-refractivity contribution >= 4 is 23.4 Å². The number of hydrogen-bond acceptors (Lipinski definition) is 3. The van der Waals surface area contributed by atoms with Gasteiger partial charge in [-0.25, -0.2) is 0 Å². The van der Waals surface area contributed by atoms with Crippen molar-refractivity contribution in [3.8, 4) is 5.75 Å². The molecule has 30 heavy (non-hydrogen) atoms. The Morgan fingerprint density at radius 1 is 1.10 bits per heavy atom. The maximum atomic E-state index is 13.2. The summed E-state index contributed by atoms with van der Waals surface area (Å²) in [4.78, 5) is 27.6. The van der Waals surface area contributed by atoms with Crippen LogP contribution in [0, 0.1) is 6.92 Å². The van der Waals surface area contributed by atoms with Crippen molar-refractivity contribution in [3.05, 3.63) is 64.7 Å². The van der Waals surface area contributed by atoms with E-state index in [4.69, 9.17) is 16.3 Å². The summed E-state index contributed by atoms with van der Waals surface area (Å²) in [7, 11) is 0. The lowest BCUT2D eigenvalue weighted by Gasteiger charge is -2.31. The molecule has 0 aliphatic carbocycles. The van der Waals surface area contributed by atoms with Crippen molar-refractivity contribution < 1.29 is 14.3 Å². The Hall–Kier alpha value is -2.53. The molecular weight excluding hydrogens is 400 g/mol. The molecule has 0 saturated carbocycles. The zero-order valence-electron chi connectivity index (χ0n) is 18.2. The number of carbonyl (C=O) groups excluding carboxylic acids is 2. The minimum Gasteiger partial charge on any atom is -0.484 e. The molecule has 2 aromatic carbocycles. The van der Waals surface area contributed by atoms with Gasteiger partial charge < -0.3 is 15.0 Å². The van der Waals surface area contributed by atoms with E-state index in [0.29, 0.717) is 17.2 Å². The van der Waals surface area contributed by atoms with Gasteiger partial charge in [0, 0.05) is 17.6 Å². The molecule has 2 atom stereocenters. The Labute approximate surface area is 184 Å². The zero-order chi connectivity index (χ0) is 22.1. The highest BCUT2D eigenvalue weighted by atomic mass is 35.5. The first-order valence-electron chi connectivity index (χ1n) is 10.4. The highest BCUT2D eigenvalue weighted by Gasteiger charge is 2.29. The Morgan fingerprint density at radius 3 is 2.47 bits per heavy atom. The number of amides is 2. The van der Waals surface area contributed by atoms with Gasteiger partial charge in [0.05, 0.1) is 0 Å². The van der Waals surface area contributed by atoms with Gasteiger partial charge in [-0.15, -0.1) is 0 Å². The van der Waals surface area contributed by atoms with Crippen molar-refractivity contribution in [3.63, 3.8) is 0 Å². The zero-order valence-corrected chi connectivity index (χ0v) is 18.9. The quantitative estimate of drug-likeness (QED) is 0.591. The summed E-state index contributed by atoms with van der Waals surface area (Å²) in [6, 6.07) is 14.3. The Kier molecular flexibility index (Phi) is 9.18. The second-order valence-corrected chi connectivity index (χ2v) is 7.87. The number of carbonyl (C=O) groups is 2. The molecule has 162 valence electrons. The standard InChI is InChI=1S/C24H31ClN2O3/c1-5-18(4)26-24(29)22(6-2)27(15-19-11-7-8-13-21(19)25)23(28)16-30-20-12-9-10-17(3)14-20/h7-14,18,22H,5-6,15-16H2,1-4H3,(H,26,29)/t18-,22-/m1/s1. The van der Waals surface area contributed by atoms with Gasteiger partial charge in [-0.05, 0) is 56.0 Å². The lowest BCUT2D eigenvalue weighted by molar-refractivity contribution is -0.143. The minimum absolute atomic E-state index is 0.0346. The van der Waals surface area contributed by atoms with E-state index < -0.39 is 6.04 Å². The molecule has 2 aromatic rings. The van der Waals surface area contributed by atoms with Gasteiger partial charge in [0.15, 0.2) is 6.61 Å². The van der Waals surface area contributed by atoms with E-state index in [1.54, 1.807) is 11.0 Å². The van der Waals surface area contributed by atoms with Crippen LogP contribution in [0.4, 0.5) is 0 Å². The number of nitrogens with one attached hydrogen (secondary N) is 1. The topological polar surface area (TPSA) is 58.6 Å². The normalized spacial score (nSPS) is 12.7. The second-order valence-electron chi connectivity index (χ2n) is 7.46. The highest BCUT2D eigenvalue weighted by molar-refractivity contribution is 6.31. The molecule has 0 radical (unpaired) electrons. The van der Waals surface area contributed by atoms with E-state index in [1.165, 1.54) is 0 Å². The Balaban J connectivity index is 2.23. The summed E-state index contributed by atoms with van der Waals surface area (Å²) in [5, 5.41) is 3.55. The summed E-state index contributed by atoms with van der Waals surface area (Å²) < 4.78 is 5.72. The van der Waals surface area contributed by atoms with E-state index in [1.807, 2.05) is 70.2 Å². The smallest absolute Gasteiger partial charge is 0.261 e. The first kappa shape index (κ1) is 23.7. The maximum Gasteiger partial charge on any atom is 0.261 e. The SMILES string of the molecule is CC[C@@H](C)NC(=O)[C@@H](CC)N(Cc1ccccc1Cl)C(=O)COc1cccc(C)c1. The molecule has 0 aliphatic heterocycles. The molecule has 2 rings (SSSR count). The van der Waals surface area contributed by atoms with E-state index in [2.05, 4.69) is 5.32 Å². The second kappa shape index (κ2) is 11.6. The Morgan fingerprint density at radius 2 is 1.83 bits per heavy atom. The van der Waals surface area contributed by atoms with Gasteiger partial charge in [0.1, 0.15) is 11.8 Å². The molecular formula is C24H31ClN2O3. The number of hydrogen-bond donors (Lipinski definition) is 1. The maximum absolute atomic E-state index is 13.2.